The summed E-state index contributed by atoms with van der Waals surface area (Å²) >= 11 is 0. The molecule has 0 saturated carbocycles. The van der Waals surface area contributed by atoms with E-state index in [9.17, 15) is 4.79 Å². The van der Waals surface area contributed by atoms with Crippen LogP contribution < -0.4 is 11.1 Å². The Morgan fingerprint density at radius 1 is 1.43 bits per heavy atom. The predicted octanol–water partition coefficient (Wildman–Crippen LogP) is 0.514. The van der Waals surface area contributed by atoms with Gasteiger partial charge in [0.1, 0.15) is 0 Å². The number of rotatable bonds is 7. The molecule has 4 heteroatoms. The predicted molar refractivity (Wildman–Crippen MR) is 57.0 cm³/mol. The highest BCUT2D eigenvalue weighted by molar-refractivity contribution is 5.81. The molecule has 0 aromatic heterocycles. The first-order valence-electron chi connectivity index (χ1n) is 5.02. The molecule has 4 nitrogen and oxygen atoms in total. The Hall–Kier alpha value is -0.610. The fourth-order valence-electron chi connectivity index (χ4n) is 0.905. The summed E-state index contributed by atoms with van der Waals surface area (Å²) < 4.78 is 4.90. The van der Waals surface area contributed by atoms with Crippen molar-refractivity contribution in [1.29, 1.82) is 0 Å². The van der Waals surface area contributed by atoms with Gasteiger partial charge < -0.3 is 15.8 Å². The first-order valence-corrected chi connectivity index (χ1v) is 5.02. The minimum Gasteiger partial charge on any atom is -0.385 e. The second kappa shape index (κ2) is 6.79. The molecule has 0 heterocycles. The first-order chi connectivity index (χ1) is 6.54. The molecule has 0 unspecified atom stereocenters. The SMILES string of the molecule is COCCCCNC(=O)C(C)(C)CN. The maximum absolute atomic E-state index is 11.5. The molecule has 0 atom stereocenters. The number of hydrogen-bond acceptors (Lipinski definition) is 3. The van der Waals surface area contributed by atoms with Gasteiger partial charge in [-0.1, -0.05) is 0 Å². The van der Waals surface area contributed by atoms with Crippen LogP contribution in [0.5, 0.6) is 0 Å². The van der Waals surface area contributed by atoms with Crippen molar-refractivity contribution in [3.8, 4) is 0 Å². The van der Waals surface area contributed by atoms with Crippen LogP contribution in [-0.4, -0.2) is 32.7 Å². The van der Waals surface area contributed by atoms with E-state index in [1.54, 1.807) is 7.11 Å². The summed E-state index contributed by atoms with van der Waals surface area (Å²) in [4.78, 5) is 11.5. The van der Waals surface area contributed by atoms with Gasteiger partial charge in [0, 0.05) is 26.8 Å². The molecule has 3 N–H and O–H groups in total. The number of amides is 1. The van der Waals surface area contributed by atoms with Crippen molar-refractivity contribution in [2.75, 3.05) is 26.8 Å². The number of unbranched alkanes of at least 4 members (excludes halogenated alkanes) is 1. The highest BCUT2D eigenvalue weighted by Gasteiger charge is 2.24. The molecule has 0 aromatic carbocycles. The van der Waals surface area contributed by atoms with E-state index in [1.165, 1.54) is 0 Å². The molecular weight excluding hydrogens is 180 g/mol. The number of hydrogen-bond donors (Lipinski definition) is 2. The molecule has 0 fully saturated rings. The van der Waals surface area contributed by atoms with Crippen LogP contribution in [0.3, 0.4) is 0 Å². The molecule has 0 aliphatic heterocycles. The lowest BCUT2D eigenvalue weighted by molar-refractivity contribution is -0.128. The van der Waals surface area contributed by atoms with E-state index in [0.717, 1.165) is 19.4 Å². The monoisotopic (exact) mass is 202 g/mol. The van der Waals surface area contributed by atoms with Crippen LogP contribution in [0, 0.1) is 5.41 Å². The number of nitrogens with two attached hydrogens (primary N) is 1. The van der Waals surface area contributed by atoms with Crippen molar-refractivity contribution in [2.45, 2.75) is 26.7 Å². The van der Waals surface area contributed by atoms with E-state index < -0.39 is 5.41 Å². The smallest absolute Gasteiger partial charge is 0.226 e. The average molecular weight is 202 g/mol. The molecule has 84 valence electrons. The Morgan fingerprint density at radius 2 is 2.07 bits per heavy atom. The van der Waals surface area contributed by atoms with Crippen LogP contribution >= 0.6 is 0 Å². The summed E-state index contributed by atoms with van der Waals surface area (Å²) in [7, 11) is 1.68. The number of carbonyl (C=O) groups excluding carboxylic acids is 1. The zero-order valence-corrected chi connectivity index (χ0v) is 9.43. The third-order valence-corrected chi connectivity index (χ3v) is 2.19. The molecule has 0 aliphatic rings. The lowest BCUT2D eigenvalue weighted by Crippen LogP contribution is -2.42. The fraction of sp³-hybridized carbons (Fsp3) is 0.900. The summed E-state index contributed by atoms with van der Waals surface area (Å²) in [5.74, 6) is 0.0254. The molecule has 0 aromatic rings. The molecule has 1 amide bonds. The summed E-state index contributed by atoms with van der Waals surface area (Å²) in [5, 5.41) is 2.86. The van der Waals surface area contributed by atoms with Gasteiger partial charge in [0.2, 0.25) is 5.91 Å². The molecule has 0 spiro atoms. The van der Waals surface area contributed by atoms with Crippen molar-refractivity contribution < 1.29 is 9.53 Å². The van der Waals surface area contributed by atoms with E-state index in [2.05, 4.69) is 5.32 Å². The largest absolute Gasteiger partial charge is 0.385 e. The van der Waals surface area contributed by atoms with E-state index in [1.807, 2.05) is 13.8 Å². The maximum Gasteiger partial charge on any atom is 0.226 e. The van der Waals surface area contributed by atoms with Gasteiger partial charge in [0.05, 0.1) is 5.41 Å². The second-order valence-corrected chi connectivity index (χ2v) is 4.04. The highest BCUT2D eigenvalue weighted by atomic mass is 16.5. The van der Waals surface area contributed by atoms with Crippen LogP contribution in [0.1, 0.15) is 26.7 Å². The van der Waals surface area contributed by atoms with Crippen LogP contribution in [0.25, 0.3) is 0 Å². The Labute approximate surface area is 86.2 Å². The third kappa shape index (κ3) is 5.19. The zero-order valence-electron chi connectivity index (χ0n) is 9.43. The number of nitrogens with one attached hydrogen (secondary N) is 1. The van der Waals surface area contributed by atoms with E-state index >= 15 is 0 Å². The summed E-state index contributed by atoms with van der Waals surface area (Å²) in [6, 6.07) is 0. The Kier molecular flexibility index (Phi) is 6.49. The van der Waals surface area contributed by atoms with Gasteiger partial charge in [-0.05, 0) is 26.7 Å². The Balaban J connectivity index is 3.54. The molecule has 0 rings (SSSR count). The van der Waals surface area contributed by atoms with Crippen molar-refractivity contribution in [3.63, 3.8) is 0 Å². The lowest BCUT2D eigenvalue weighted by Gasteiger charge is -2.21. The summed E-state index contributed by atoms with van der Waals surface area (Å²) in [5.41, 5.74) is 5.02. The summed E-state index contributed by atoms with van der Waals surface area (Å²) in [6.07, 6.45) is 1.92. The second-order valence-electron chi connectivity index (χ2n) is 4.04. The van der Waals surface area contributed by atoms with Crippen LogP contribution in [0.2, 0.25) is 0 Å². The van der Waals surface area contributed by atoms with Crippen molar-refractivity contribution >= 4 is 5.91 Å². The van der Waals surface area contributed by atoms with Crippen molar-refractivity contribution in [3.05, 3.63) is 0 Å². The van der Waals surface area contributed by atoms with Crippen LogP contribution in [0.4, 0.5) is 0 Å². The number of ether oxygens (including phenoxy) is 1. The fourth-order valence-corrected chi connectivity index (χ4v) is 0.905. The van der Waals surface area contributed by atoms with Gasteiger partial charge >= 0.3 is 0 Å². The minimum atomic E-state index is -0.457. The maximum atomic E-state index is 11.5. The zero-order chi connectivity index (χ0) is 11.0. The van der Waals surface area contributed by atoms with Gasteiger partial charge in [-0.3, -0.25) is 4.79 Å². The molecule has 0 radical (unpaired) electrons. The molecule has 0 aliphatic carbocycles. The Morgan fingerprint density at radius 3 is 2.57 bits per heavy atom. The molecule has 0 saturated heterocycles. The van der Waals surface area contributed by atoms with Crippen LogP contribution in [-0.2, 0) is 9.53 Å². The first kappa shape index (κ1) is 13.4. The topological polar surface area (TPSA) is 64.3 Å². The minimum absolute atomic E-state index is 0.0254. The van der Waals surface area contributed by atoms with Gasteiger partial charge in [0.25, 0.3) is 0 Å². The highest BCUT2D eigenvalue weighted by Crippen LogP contribution is 2.11. The van der Waals surface area contributed by atoms with Gasteiger partial charge in [-0.25, -0.2) is 0 Å². The standard InChI is InChI=1S/C10H22N2O2/c1-10(2,8-11)9(13)12-6-4-5-7-14-3/h4-8,11H2,1-3H3,(H,12,13). The van der Waals surface area contributed by atoms with Gasteiger partial charge in [-0.15, -0.1) is 0 Å². The van der Waals surface area contributed by atoms with E-state index in [4.69, 9.17) is 10.5 Å². The van der Waals surface area contributed by atoms with Gasteiger partial charge in [0.15, 0.2) is 0 Å². The van der Waals surface area contributed by atoms with Crippen molar-refractivity contribution in [1.82, 2.24) is 5.32 Å². The molecule has 0 bridgehead atoms. The normalized spacial score (nSPS) is 11.4. The molecular formula is C10H22N2O2. The van der Waals surface area contributed by atoms with Crippen molar-refractivity contribution in [2.24, 2.45) is 11.1 Å². The number of carbonyl (C=O) groups is 1. The molecule has 14 heavy (non-hydrogen) atoms. The average Bonchev–Trinajstić information content (AvgIpc) is 2.17. The van der Waals surface area contributed by atoms with E-state index in [-0.39, 0.29) is 5.91 Å². The summed E-state index contributed by atoms with van der Waals surface area (Å²) in [6.45, 7) is 5.51. The van der Waals surface area contributed by atoms with Gasteiger partial charge in [-0.2, -0.15) is 0 Å². The number of methoxy groups -OCH3 is 1. The van der Waals surface area contributed by atoms with Crippen LogP contribution in [0.15, 0.2) is 0 Å². The van der Waals surface area contributed by atoms with E-state index in [0.29, 0.717) is 13.1 Å². The third-order valence-electron chi connectivity index (χ3n) is 2.19. The Bertz CT molecular complexity index is 170. The lowest BCUT2D eigenvalue weighted by atomic mass is 9.93. The quantitative estimate of drug-likeness (QED) is 0.591.